The molecule has 1 aliphatic heterocycles. The quantitative estimate of drug-likeness (QED) is 0.397. The summed E-state index contributed by atoms with van der Waals surface area (Å²) in [5, 5.41) is 3.82. The molecule has 3 N–H and O–H groups in total. The van der Waals surface area contributed by atoms with Crippen molar-refractivity contribution in [1.82, 2.24) is 25.0 Å². The predicted octanol–water partition coefficient (Wildman–Crippen LogP) is 4.38. The van der Waals surface area contributed by atoms with Crippen LogP contribution in [0.4, 0.5) is 4.79 Å². The zero-order valence-electron chi connectivity index (χ0n) is 25.9. The summed E-state index contributed by atoms with van der Waals surface area (Å²) in [6.07, 6.45) is 10.4. The fraction of sp³-hybridized carbons (Fsp3) is 0.441. The van der Waals surface area contributed by atoms with Crippen molar-refractivity contribution in [2.75, 3.05) is 46.9 Å². The third-order valence-corrected chi connectivity index (χ3v) is 9.62. The molecule has 2 saturated carbocycles. The van der Waals surface area contributed by atoms with E-state index in [2.05, 4.69) is 22.9 Å². The van der Waals surface area contributed by atoms with Crippen LogP contribution in [0.2, 0.25) is 5.02 Å². The van der Waals surface area contributed by atoms with Crippen LogP contribution in [-0.4, -0.2) is 90.3 Å². The van der Waals surface area contributed by atoms with Crippen molar-refractivity contribution in [3.8, 4) is 0 Å². The number of piperazine rings is 1. The van der Waals surface area contributed by atoms with Crippen LogP contribution in [0.5, 0.6) is 0 Å². The van der Waals surface area contributed by atoms with Crippen LogP contribution in [0.25, 0.3) is 11.6 Å². The zero-order chi connectivity index (χ0) is 31.7. The number of hydrogen-bond donors (Lipinski definition) is 2. The van der Waals surface area contributed by atoms with E-state index in [9.17, 15) is 9.59 Å². The number of rotatable bonds is 10. The Balaban J connectivity index is 1.39. The molecule has 3 fully saturated rings. The van der Waals surface area contributed by atoms with Gasteiger partial charge in [-0.05, 0) is 84.3 Å². The van der Waals surface area contributed by atoms with Gasteiger partial charge in [0.2, 0.25) is 0 Å². The van der Waals surface area contributed by atoms with Crippen molar-refractivity contribution in [2.45, 2.75) is 43.4 Å². The van der Waals surface area contributed by atoms with Crippen LogP contribution in [0.1, 0.15) is 54.1 Å². The monoisotopic (exact) mass is 632 g/mol. The van der Waals surface area contributed by atoms with Gasteiger partial charge in [-0.15, -0.1) is 0 Å². The van der Waals surface area contributed by atoms with Gasteiger partial charge in [0, 0.05) is 57.8 Å². The summed E-state index contributed by atoms with van der Waals surface area (Å²) in [5.74, 6) is 0.320. The first-order valence-electron chi connectivity index (χ1n) is 15.5. The summed E-state index contributed by atoms with van der Waals surface area (Å²) in [5.41, 5.74) is 10.5. The van der Waals surface area contributed by atoms with E-state index in [1.54, 1.807) is 29.3 Å². The van der Waals surface area contributed by atoms with Gasteiger partial charge in [-0.3, -0.25) is 14.7 Å². The summed E-state index contributed by atoms with van der Waals surface area (Å²) in [6, 6.07) is 8.94. The highest BCUT2D eigenvalue weighted by molar-refractivity contribution is 6.30. The number of ether oxygens (including phenoxy) is 2. The minimum atomic E-state index is -0.853. The average Bonchev–Trinajstić information content (AvgIpc) is 3.99. The molecule has 0 bridgehead atoms. The van der Waals surface area contributed by atoms with Crippen LogP contribution in [0.3, 0.4) is 0 Å². The second-order valence-electron chi connectivity index (χ2n) is 12.2. The minimum Gasteiger partial charge on any atom is -0.449 e. The highest BCUT2D eigenvalue weighted by atomic mass is 35.5. The number of aromatic nitrogens is 1. The number of benzene rings is 1. The molecule has 4 aliphatic rings. The lowest BCUT2D eigenvalue weighted by atomic mass is 9.89. The summed E-state index contributed by atoms with van der Waals surface area (Å²) in [4.78, 5) is 37.3. The molecule has 2 atom stereocenters. The molecule has 2 aromatic rings. The fourth-order valence-electron chi connectivity index (χ4n) is 6.26. The van der Waals surface area contributed by atoms with Crippen LogP contribution < -0.4 is 11.1 Å². The van der Waals surface area contributed by atoms with Gasteiger partial charge in [0.05, 0.1) is 30.1 Å². The van der Waals surface area contributed by atoms with E-state index in [4.69, 9.17) is 31.8 Å². The lowest BCUT2D eigenvalue weighted by Gasteiger charge is -2.39. The Labute approximate surface area is 269 Å². The van der Waals surface area contributed by atoms with Gasteiger partial charge in [0.15, 0.2) is 0 Å². The van der Waals surface area contributed by atoms with Gasteiger partial charge >= 0.3 is 6.09 Å². The van der Waals surface area contributed by atoms with Gasteiger partial charge in [-0.2, -0.15) is 0 Å². The smallest absolute Gasteiger partial charge is 0.409 e. The van der Waals surface area contributed by atoms with Crippen LogP contribution in [-0.2, 0) is 14.3 Å². The molecule has 45 heavy (non-hydrogen) atoms. The van der Waals surface area contributed by atoms with E-state index in [1.165, 1.54) is 6.20 Å². The molecule has 3 aliphatic carbocycles. The predicted molar refractivity (Wildman–Crippen MR) is 174 cm³/mol. The van der Waals surface area contributed by atoms with Gasteiger partial charge < -0.3 is 30.3 Å². The Morgan fingerprint density at radius 3 is 2.64 bits per heavy atom. The maximum atomic E-state index is 13.7. The molecule has 2 amide bonds. The molecule has 0 radical (unpaired) electrons. The Morgan fingerprint density at radius 1 is 1.24 bits per heavy atom. The summed E-state index contributed by atoms with van der Waals surface area (Å²) in [6.45, 7) is 6.82. The van der Waals surface area contributed by atoms with Gasteiger partial charge in [0.25, 0.3) is 5.91 Å². The Bertz CT molecular complexity index is 1530. The van der Waals surface area contributed by atoms with E-state index in [0.717, 1.165) is 40.8 Å². The topological polar surface area (TPSA) is 113 Å². The van der Waals surface area contributed by atoms with Gasteiger partial charge in [-0.1, -0.05) is 30.3 Å². The number of carbonyl (C=O) groups is 2. The lowest BCUT2D eigenvalue weighted by molar-refractivity contribution is -0.133. The van der Waals surface area contributed by atoms with Crippen LogP contribution >= 0.6 is 11.6 Å². The molecular weight excluding hydrogens is 592 g/mol. The Hall–Kier alpha value is -3.86. The SMILES string of the molecule is C=CN(C)/C(=C\N)C(NC(=O)C1(OC)CC1)C1=Cc2cccnc2C(N2CCN(C(=O)OCC3CC3)CC2)c2ccc(Cl)cc21. The van der Waals surface area contributed by atoms with Crippen LogP contribution in [0.15, 0.2) is 61.2 Å². The van der Waals surface area contributed by atoms with E-state index in [-0.39, 0.29) is 18.0 Å². The van der Waals surface area contributed by atoms with Crippen LogP contribution in [0, 0.1) is 5.92 Å². The Kier molecular flexibility index (Phi) is 8.90. The number of methoxy groups -OCH3 is 1. The molecule has 10 nitrogen and oxygen atoms in total. The number of carbonyl (C=O) groups excluding carboxylic acids is 2. The molecule has 1 aromatic carbocycles. The first kappa shape index (κ1) is 31.1. The number of pyridine rings is 1. The number of fused-ring (bicyclic) bond motifs is 2. The summed E-state index contributed by atoms with van der Waals surface area (Å²) >= 11 is 6.68. The second kappa shape index (κ2) is 12.9. The van der Waals surface area contributed by atoms with E-state index in [0.29, 0.717) is 62.3 Å². The number of likely N-dealkylation sites (N-methyl/N-ethyl adjacent to an activating group) is 1. The zero-order valence-corrected chi connectivity index (χ0v) is 26.6. The third-order valence-electron chi connectivity index (χ3n) is 9.38. The largest absolute Gasteiger partial charge is 0.449 e. The third kappa shape index (κ3) is 6.32. The van der Waals surface area contributed by atoms with Crippen molar-refractivity contribution < 1.29 is 19.1 Å². The van der Waals surface area contributed by atoms with Crippen molar-refractivity contribution in [3.63, 3.8) is 0 Å². The first-order chi connectivity index (χ1) is 21.8. The molecule has 2 unspecified atom stereocenters. The summed E-state index contributed by atoms with van der Waals surface area (Å²) < 4.78 is 11.2. The molecule has 238 valence electrons. The maximum absolute atomic E-state index is 13.7. The number of nitrogens with zero attached hydrogens (tertiary/aromatic N) is 4. The number of halogens is 1. The molecule has 11 heteroatoms. The highest BCUT2D eigenvalue weighted by Gasteiger charge is 2.51. The molecule has 1 saturated heterocycles. The highest BCUT2D eigenvalue weighted by Crippen LogP contribution is 2.44. The van der Waals surface area contributed by atoms with Crippen molar-refractivity contribution >= 4 is 35.3 Å². The number of amides is 2. The fourth-order valence-corrected chi connectivity index (χ4v) is 6.43. The normalized spacial score (nSPS) is 21.4. The molecule has 6 rings (SSSR count). The number of nitrogens with one attached hydrogen (secondary N) is 1. The Morgan fingerprint density at radius 2 is 2.00 bits per heavy atom. The van der Waals surface area contributed by atoms with Crippen molar-refractivity contribution in [1.29, 1.82) is 0 Å². The summed E-state index contributed by atoms with van der Waals surface area (Å²) in [7, 11) is 3.41. The van der Waals surface area contributed by atoms with Gasteiger partial charge in [0.1, 0.15) is 5.60 Å². The van der Waals surface area contributed by atoms with E-state index >= 15 is 0 Å². The molecular formula is C34H41ClN6O4. The number of hydrogen-bond acceptors (Lipinski definition) is 8. The molecule has 0 spiro atoms. The molecule has 1 aromatic heterocycles. The van der Waals surface area contributed by atoms with Crippen molar-refractivity contribution in [2.24, 2.45) is 11.7 Å². The van der Waals surface area contributed by atoms with E-state index < -0.39 is 11.6 Å². The maximum Gasteiger partial charge on any atom is 0.409 e. The first-order valence-corrected chi connectivity index (χ1v) is 15.9. The average molecular weight is 633 g/mol. The molecule has 2 heterocycles. The van der Waals surface area contributed by atoms with Crippen molar-refractivity contribution in [3.05, 3.63) is 88.6 Å². The second-order valence-corrected chi connectivity index (χ2v) is 12.7. The van der Waals surface area contributed by atoms with Gasteiger partial charge in [-0.25, -0.2) is 4.79 Å². The number of nitrogens with two attached hydrogens (primary N) is 1. The standard InChI is InChI=1S/C34H41ClN6O4/c1-4-39(2)28(20-36)30(38-32(42)34(44-3)11-12-34)27-18-23-6-5-13-37-29(23)31(25-10-9-24(35)19-26(25)27)40-14-16-41(17-15-40)33(43)45-21-22-7-8-22/h4-6,9-10,13,18-20,22,30-31H,1,7-8,11-12,14-17,21,36H2,2-3H3,(H,38,42)/b28-20-. The minimum absolute atomic E-state index is 0.201. The lowest BCUT2D eigenvalue weighted by Crippen LogP contribution is -2.50. The van der Waals surface area contributed by atoms with E-state index in [1.807, 2.05) is 37.4 Å².